The van der Waals surface area contributed by atoms with Gasteiger partial charge in [0.2, 0.25) is 0 Å². The van der Waals surface area contributed by atoms with Crippen molar-refractivity contribution in [3.05, 3.63) is 58.1 Å². The van der Waals surface area contributed by atoms with Crippen LogP contribution in [0.3, 0.4) is 0 Å². The molecular weight excluding hydrogens is 300 g/mol. The Kier molecular flexibility index (Phi) is 2.94. The van der Waals surface area contributed by atoms with Gasteiger partial charge in [0.25, 0.3) is 0 Å². The maximum Gasteiger partial charge on any atom is 0.132 e. The lowest BCUT2D eigenvalue weighted by Gasteiger charge is -2.07. The van der Waals surface area contributed by atoms with Crippen LogP contribution in [-0.4, -0.2) is 9.38 Å². The molecule has 0 atom stereocenters. The Morgan fingerprint density at radius 3 is 2.42 bits per heavy atom. The third-order valence-corrected chi connectivity index (χ3v) is 4.19. The highest BCUT2D eigenvalue weighted by molar-refractivity contribution is 9.10. The van der Waals surface area contributed by atoms with Gasteiger partial charge in [-0.3, -0.25) is 0 Å². The van der Waals surface area contributed by atoms with Crippen LogP contribution in [-0.2, 0) is 0 Å². The van der Waals surface area contributed by atoms with Crippen LogP contribution in [0.25, 0.3) is 16.6 Å². The molecule has 3 heteroatoms. The molecule has 2 aromatic heterocycles. The lowest BCUT2D eigenvalue weighted by atomic mass is 10.0. The molecule has 19 heavy (non-hydrogen) atoms. The van der Waals surface area contributed by atoms with Crippen LogP contribution in [0.5, 0.6) is 0 Å². The molecule has 2 heterocycles. The van der Waals surface area contributed by atoms with Gasteiger partial charge in [-0.1, -0.05) is 24.3 Å². The highest BCUT2D eigenvalue weighted by atomic mass is 79.9. The minimum absolute atomic E-state index is 0.900. The highest BCUT2D eigenvalue weighted by Gasteiger charge is 2.07. The van der Waals surface area contributed by atoms with E-state index in [1.54, 1.807) is 0 Å². The van der Waals surface area contributed by atoms with Crippen molar-refractivity contribution in [2.75, 3.05) is 0 Å². The zero-order valence-corrected chi connectivity index (χ0v) is 12.8. The van der Waals surface area contributed by atoms with Crippen molar-refractivity contribution in [3.63, 3.8) is 0 Å². The minimum Gasteiger partial charge on any atom is -0.302 e. The lowest BCUT2D eigenvalue weighted by Crippen LogP contribution is -1.90. The monoisotopic (exact) mass is 314 g/mol. The molecule has 0 fully saturated rings. The molecule has 96 valence electrons. The van der Waals surface area contributed by atoms with E-state index in [1.165, 1.54) is 22.3 Å². The van der Waals surface area contributed by atoms with E-state index in [2.05, 4.69) is 75.7 Å². The summed E-state index contributed by atoms with van der Waals surface area (Å²) < 4.78 is 3.02. The molecule has 0 amide bonds. The van der Waals surface area contributed by atoms with Gasteiger partial charge in [0.05, 0.1) is 5.52 Å². The van der Waals surface area contributed by atoms with Crippen molar-refractivity contribution in [2.45, 2.75) is 20.8 Å². The van der Waals surface area contributed by atoms with Crippen LogP contribution < -0.4 is 0 Å². The van der Waals surface area contributed by atoms with Crippen molar-refractivity contribution in [1.82, 2.24) is 9.38 Å². The number of nitrogens with zero attached hydrogens (tertiary/aromatic N) is 2. The third kappa shape index (κ3) is 2.08. The Hall–Kier alpha value is -1.61. The van der Waals surface area contributed by atoms with Gasteiger partial charge in [0.15, 0.2) is 0 Å². The summed E-state index contributed by atoms with van der Waals surface area (Å²) in [5, 5.41) is 0. The molecule has 3 aromatic rings. The van der Waals surface area contributed by atoms with Gasteiger partial charge in [-0.15, -0.1) is 0 Å². The largest absolute Gasteiger partial charge is 0.302 e. The zero-order chi connectivity index (χ0) is 13.6. The number of halogens is 1. The number of fused-ring (bicyclic) bond motifs is 1. The van der Waals surface area contributed by atoms with Crippen molar-refractivity contribution in [2.24, 2.45) is 0 Å². The first kappa shape index (κ1) is 12.4. The summed E-state index contributed by atoms with van der Waals surface area (Å²) in [7, 11) is 0. The average molecular weight is 315 g/mol. The first-order chi connectivity index (χ1) is 9.06. The quantitative estimate of drug-likeness (QED) is 0.637. The van der Waals surface area contributed by atoms with Crippen LogP contribution in [0.4, 0.5) is 0 Å². The molecule has 0 spiro atoms. The average Bonchev–Trinajstić information content (AvgIpc) is 2.68. The summed E-state index contributed by atoms with van der Waals surface area (Å²) in [5.41, 5.74) is 6.20. The van der Waals surface area contributed by atoms with Crippen molar-refractivity contribution in [3.8, 4) is 11.1 Å². The molecule has 0 saturated carbocycles. The summed E-state index contributed by atoms with van der Waals surface area (Å²) in [6.07, 6.45) is 2.15. The maximum absolute atomic E-state index is 4.44. The molecule has 1 aromatic carbocycles. The van der Waals surface area contributed by atoms with Crippen LogP contribution in [0.15, 0.2) is 41.1 Å². The van der Waals surface area contributed by atoms with Gasteiger partial charge in [0.1, 0.15) is 10.4 Å². The van der Waals surface area contributed by atoms with Crippen LogP contribution in [0.2, 0.25) is 0 Å². The van der Waals surface area contributed by atoms with E-state index in [1.807, 2.05) is 6.92 Å². The van der Waals surface area contributed by atoms with E-state index in [9.17, 15) is 0 Å². The van der Waals surface area contributed by atoms with E-state index in [4.69, 9.17) is 0 Å². The number of hydrogen-bond donors (Lipinski definition) is 0. The fraction of sp³-hybridized carbons (Fsp3) is 0.188. The van der Waals surface area contributed by atoms with E-state index < -0.39 is 0 Å². The predicted octanol–water partition coefficient (Wildman–Crippen LogP) is 4.69. The molecule has 0 unspecified atom stereocenters. The molecular formula is C16H15BrN2. The Labute approximate surface area is 121 Å². The van der Waals surface area contributed by atoms with Gasteiger partial charge < -0.3 is 4.40 Å². The molecule has 0 aliphatic rings. The van der Waals surface area contributed by atoms with Gasteiger partial charge in [-0.2, -0.15) is 0 Å². The summed E-state index contributed by atoms with van der Waals surface area (Å²) in [6.45, 7) is 6.30. The molecule has 0 aliphatic heterocycles. The summed E-state index contributed by atoms with van der Waals surface area (Å²) >= 11 is 3.49. The zero-order valence-electron chi connectivity index (χ0n) is 11.2. The Balaban J connectivity index is 2.19. The van der Waals surface area contributed by atoms with Crippen LogP contribution >= 0.6 is 15.9 Å². The van der Waals surface area contributed by atoms with Crippen LogP contribution in [0, 0.1) is 20.8 Å². The SMILES string of the molecule is Cc1ccc(-c2ccc3c(Br)nc(C)n3c2)cc1C. The smallest absolute Gasteiger partial charge is 0.132 e. The minimum atomic E-state index is 0.900. The van der Waals surface area contributed by atoms with Gasteiger partial charge in [0, 0.05) is 6.20 Å². The topological polar surface area (TPSA) is 17.3 Å². The van der Waals surface area contributed by atoms with E-state index in [0.29, 0.717) is 0 Å². The van der Waals surface area contributed by atoms with Gasteiger partial charge in [-0.05, 0) is 65.0 Å². The third-order valence-electron chi connectivity index (χ3n) is 3.61. The lowest BCUT2D eigenvalue weighted by molar-refractivity contribution is 1.04. The van der Waals surface area contributed by atoms with Crippen molar-refractivity contribution >= 4 is 21.4 Å². The second-order valence-corrected chi connectivity index (χ2v) is 5.67. The first-order valence-electron chi connectivity index (χ1n) is 6.28. The maximum atomic E-state index is 4.44. The molecule has 2 nitrogen and oxygen atoms in total. The van der Waals surface area contributed by atoms with Crippen molar-refractivity contribution < 1.29 is 0 Å². The molecule has 0 bridgehead atoms. The normalized spacial score (nSPS) is 11.2. The van der Waals surface area contributed by atoms with Gasteiger partial charge in [-0.25, -0.2) is 4.98 Å². The van der Waals surface area contributed by atoms with E-state index in [-0.39, 0.29) is 0 Å². The first-order valence-corrected chi connectivity index (χ1v) is 7.07. The Bertz CT molecular complexity index is 772. The number of aromatic nitrogens is 2. The number of imidazole rings is 1. The second kappa shape index (κ2) is 4.49. The standard InChI is InChI=1S/C16H15BrN2/c1-10-4-5-13(8-11(10)2)14-6-7-15-16(17)18-12(3)19(15)9-14/h4-9H,1-3H3. The Morgan fingerprint density at radius 1 is 0.947 bits per heavy atom. The number of pyridine rings is 1. The van der Waals surface area contributed by atoms with Crippen molar-refractivity contribution in [1.29, 1.82) is 0 Å². The van der Waals surface area contributed by atoms with E-state index >= 15 is 0 Å². The molecule has 0 radical (unpaired) electrons. The number of rotatable bonds is 1. The summed E-state index contributed by atoms with van der Waals surface area (Å²) in [6, 6.07) is 10.8. The number of aryl methyl sites for hydroxylation is 3. The fourth-order valence-electron chi connectivity index (χ4n) is 2.28. The number of hydrogen-bond acceptors (Lipinski definition) is 1. The fourth-order valence-corrected chi connectivity index (χ4v) is 2.86. The molecule has 0 aliphatic carbocycles. The molecule has 0 N–H and O–H groups in total. The van der Waals surface area contributed by atoms with Gasteiger partial charge >= 0.3 is 0 Å². The Morgan fingerprint density at radius 2 is 1.68 bits per heavy atom. The summed E-state index contributed by atoms with van der Waals surface area (Å²) in [4.78, 5) is 4.44. The highest BCUT2D eigenvalue weighted by Crippen LogP contribution is 2.26. The second-order valence-electron chi connectivity index (χ2n) is 4.92. The molecule has 0 saturated heterocycles. The number of benzene rings is 1. The summed E-state index contributed by atoms with van der Waals surface area (Å²) in [5.74, 6) is 0.993. The molecule has 3 rings (SSSR count). The van der Waals surface area contributed by atoms with Crippen LogP contribution in [0.1, 0.15) is 17.0 Å². The van der Waals surface area contributed by atoms with E-state index in [0.717, 1.165) is 15.9 Å². The predicted molar refractivity (Wildman–Crippen MR) is 82.5 cm³/mol.